The van der Waals surface area contributed by atoms with Gasteiger partial charge in [0.25, 0.3) is 0 Å². The highest BCUT2D eigenvalue weighted by atomic mass is 32.2. The first-order valence-electron chi connectivity index (χ1n) is 9.74. The Kier molecular flexibility index (Phi) is 6.49. The van der Waals surface area contributed by atoms with Crippen molar-refractivity contribution in [1.82, 2.24) is 10.6 Å². The van der Waals surface area contributed by atoms with Gasteiger partial charge in [0.2, 0.25) is 11.8 Å². The molecule has 0 unspecified atom stereocenters. The lowest BCUT2D eigenvalue weighted by atomic mass is 10.0. The molecule has 152 valence electrons. The minimum absolute atomic E-state index is 0.0180. The Morgan fingerprint density at radius 2 is 1.79 bits per heavy atom. The number of aryl methyl sites for hydroxylation is 2. The third-order valence-electron chi connectivity index (χ3n) is 5.27. The molecule has 1 aliphatic carbocycles. The summed E-state index contributed by atoms with van der Waals surface area (Å²) in [5, 5.41) is 5.31. The van der Waals surface area contributed by atoms with Gasteiger partial charge in [-0.05, 0) is 42.9 Å². The number of rotatable bonds is 8. The van der Waals surface area contributed by atoms with Gasteiger partial charge in [0.15, 0.2) is 15.6 Å². The average molecular weight is 407 g/mol. The summed E-state index contributed by atoms with van der Waals surface area (Å²) in [4.78, 5) is 36.0. The van der Waals surface area contributed by atoms with E-state index in [1.54, 1.807) is 0 Å². The molecule has 0 saturated carbocycles. The number of amides is 2. The number of ketones is 1. The Hall–Kier alpha value is -2.22. The Balaban J connectivity index is 1.33. The van der Waals surface area contributed by atoms with Crippen LogP contribution in [-0.2, 0) is 32.3 Å². The van der Waals surface area contributed by atoms with Crippen molar-refractivity contribution in [3.8, 4) is 0 Å². The quantitative estimate of drug-likeness (QED) is 0.625. The van der Waals surface area contributed by atoms with Gasteiger partial charge in [-0.15, -0.1) is 0 Å². The zero-order valence-corrected chi connectivity index (χ0v) is 16.6. The molecular weight excluding hydrogens is 380 g/mol. The van der Waals surface area contributed by atoms with Gasteiger partial charge in [0.1, 0.15) is 0 Å². The zero-order valence-electron chi connectivity index (χ0n) is 15.8. The maximum absolute atomic E-state index is 12.3. The van der Waals surface area contributed by atoms with Gasteiger partial charge in [0, 0.05) is 37.4 Å². The van der Waals surface area contributed by atoms with E-state index in [1.807, 2.05) is 18.2 Å². The third-order valence-corrected chi connectivity index (χ3v) is 7.04. The molecule has 2 amide bonds. The number of hydrogen-bond donors (Lipinski definition) is 2. The molecule has 1 aromatic rings. The molecule has 0 spiro atoms. The highest BCUT2D eigenvalue weighted by molar-refractivity contribution is 7.91. The molecule has 1 heterocycles. The number of hydrogen-bond acceptors (Lipinski definition) is 5. The molecule has 28 heavy (non-hydrogen) atoms. The highest BCUT2D eigenvalue weighted by Crippen LogP contribution is 2.23. The fraction of sp³-hybridized carbons (Fsp3) is 0.550. The maximum Gasteiger partial charge on any atom is 0.222 e. The zero-order chi connectivity index (χ0) is 20.1. The Labute approximate surface area is 165 Å². The molecule has 8 heteroatoms. The van der Waals surface area contributed by atoms with Gasteiger partial charge in [-0.25, -0.2) is 8.42 Å². The first-order valence-corrected chi connectivity index (χ1v) is 11.6. The number of carbonyl (C=O) groups excluding carboxylic acids is 3. The second-order valence-corrected chi connectivity index (χ2v) is 9.76. The maximum atomic E-state index is 12.3. The smallest absolute Gasteiger partial charge is 0.222 e. The molecule has 2 aliphatic rings. The van der Waals surface area contributed by atoms with Gasteiger partial charge < -0.3 is 10.6 Å². The van der Waals surface area contributed by atoms with Crippen LogP contribution in [0.3, 0.4) is 0 Å². The average Bonchev–Trinajstić information content (AvgIpc) is 3.24. The molecule has 2 N–H and O–H groups in total. The van der Waals surface area contributed by atoms with Gasteiger partial charge in [-0.3, -0.25) is 14.4 Å². The van der Waals surface area contributed by atoms with Gasteiger partial charge in [-0.1, -0.05) is 12.1 Å². The Morgan fingerprint density at radius 1 is 1.00 bits per heavy atom. The molecule has 0 bridgehead atoms. The molecule has 3 rings (SSSR count). The topological polar surface area (TPSA) is 109 Å². The number of carbonyl (C=O) groups is 3. The van der Waals surface area contributed by atoms with Crippen LogP contribution in [0.4, 0.5) is 0 Å². The summed E-state index contributed by atoms with van der Waals surface area (Å²) in [6.45, 7) is 0.164. The van der Waals surface area contributed by atoms with Crippen LogP contribution in [0.1, 0.15) is 53.6 Å². The van der Waals surface area contributed by atoms with Crippen molar-refractivity contribution in [2.24, 2.45) is 0 Å². The third kappa shape index (κ3) is 5.64. The van der Waals surface area contributed by atoms with Crippen molar-refractivity contribution in [3.63, 3.8) is 0 Å². The second kappa shape index (κ2) is 8.86. The molecule has 1 aromatic carbocycles. The molecule has 1 atom stereocenters. The summed E-state index contributed by atoms with van der Waals surface area (Å²) < 4.78 is 22.7. The summed E-state index contributed by atoms with van der Waals surface area (Å²) in [5.41, 5.74) is 3.19. The predicted octanol–water partition coefficient (Wildman–Crippen LogP) is 0.948. The fourth-order valence-corrected chi connectivity index (χ4v) is 5.40. The standard InChI is InChI=1S/C20H26N2O5S/c23-18(16-5-4-14-2-1-3-15(14)12-16)6-7-19(24)21-10-8-20(25)22-17-9-11-28(26,27)13-17/h4-5,12,17H,1-3,6-11,13H2,(H,21,24)(H,22,25)/t17-/m1/s1. The van der Waals surface area contributed by atoms with Crippen LogP contribution in [0, 0.1) is 0 Å². The van der Waals surface area contributed by atoms with Crippen LogP contribution >= 0.6 is 0 Å². The molecule has 0 aromatic heterocycles. The molecule has 1 fully saturated rings. The van der Waals surface area contributed by atoms with E-state index in [-0.39, 0.29) is 61.0 Å². The molecule has 1 aliphatic heterocycles. The fourth-order valence-electron chi connectivity index (χ4n) is 3.73. The van der Waals surface area contributed by atoms with Gasteiger partial charge in [-0.2, -0.15) is 0 Å². The monoisotopic (exact) mass is 406 g/mol. The van der Waals surface area contributed by atoms with Crippen LogP contribution in [0.5, 0.6) is 0 Å². The van der Waals surface area contributed by atoms with E-state index >= 15 is 0 Å². The van der Waals surface area contributed by atoms with Crippen molar-refractivity contribution >= 4 is 27.4 Å². The van der Waals surface area contributed by atoms with Crippen LogP contribution in [0.2, 0.25) is 0 Å². The second-order valence-electron chi connectivity index (χ2n) is 7.53. The van der Waals surface area contributed by atoms with Crippen molar-refractivity contribution in [2.45, 2.75) is 51.0 Å². The van der Waals surface area contributed by atoms with Gasteiger partial charge >= 0.3 is 0 Å². The van der Waals surface area contributed by atoms with E-state index in [0.29, 0.717) is 12.0 Å². The minimum Gasteiger partial charge on any atom is -0.356 e. The first kappa shape index (κ1) is 20.5. The van der Waals surface area contributed by atoms with E-state index in [1.165, 1.54) is 11.1 Å². The lowest BCUT2D eigenvalue weighted by Crippen LogP contribution is -2.37. The Morgan fingerprint density at radius 3 is 2.54 bits per heavy atom. The molecular formula is C20H26N2O5S. The van der Waals surface area contributed by atoms with E-state index in [4.69, 9.17) is 0 Å². The highest BCUT2D eigenvalue weighted by Gasteiger charge is 2.28. The van der Waals surface area contributed by atoms with Crippen molar-refractivity contribution in [1.29, 1.82) is 0 Å². The SMILES string of the molecule is O=C(CCC(=O)c1ccc2c(c1)CCC2)NCCC(=O)N[C@@H]1CCS(=O)(=O)C1. The lowest BCUT2D eigenvalue weighted by molar-refractivity contribution is -0.122. The molecule has 0 radical (unpaired) electrons. The van der Waals surface area contributed by atoms with E-state index in [2.05, 4.69) is 10.6 Å². The minimum atomic E-state index is -3.03. The number of nitrogens with one attached hydrogen (secondary N) is 2. The summed E-state index contributed by atoms with van der Waals surface area (Å²) in [6.07, 6.45) is 3.93. The normalized spacial score (nSPS) is 19.8. The summed E-state index contributed by atoms with van der Waals surface area (Å²) >= 11 is 0. The van der Waals surface area contributed by atoms with Crippen molar-refractivity contribution in [3.05, 3.63) is 34.9 Å². The van der Waals surface area contributed by atoms with Crippen LogP contribution < -0.4 is 10.6 Å². The van der Waals surface area contributed by atoms with E-state index in [9.17, 15) is 22.8 Å². The number of fused-ring (bicyclic) bond motifs is 1. The molecule has 7 nitrogen and oxygen atoms in total. The largest absolute Gasteiger partial charge is 0.356 e. The van der Waals surface area contributed by atoms with E-state index < -0.39 is 9.84 Å². The number of benzene rings is 1. The molecule has 1 saturated heterocycles. The van der Waals surface area contributed by atoms with Gasteiger partial charge in [0.05, 0.1) is 11.5 Å². The van der Waals surface area contributed by atoms with Crippen LogP contribution in [0.25, 0.3) is 0 Å². The summed E-state index contributed by atoms with van der Waals surface area (Å²) in [6, 6.07) is 5.44. The Bertz CT molecular complexity index is 879. The number of Topliss-reactive ketones (excluding diaryl/α,β-unsaturated/α-hetero) is 1. The van der Waals surface area contributed by atoms with Crippen LogP contribution in [0.15, 0.2) is 18.2 Å². The summed E-state index contributed by atoms with van der Waals surface area (Å²) in [7, 11) is -3.03. The first-order chi connectivity index (χ1) is 13.3. The summed E-state index contributed by atoms with van der Waals surface area (Å²) in [5.74, 6) is -0.518. The van der Waals surface area contributed by atoms with E-state index in [0.717, 1.165) is 19.3 Å². The predicted molar refractivity (Wildman–Crippen MR) is 105 cm³/mol. The van der Waals surface area contributed by atoms with Crippen molar-refractivity contribution < 1.29 is 22.8 Å². The van der Waals surface area contributed by atoms with Crippen LogP contribution in [-0.4, -0.2) is 50.1 Å². The number of sulfone groups is 1. The lowest BCUT2D eigenvalue weighted by Gasteiger charge is -2.11. The van der Waals surface area contributed by atoms with Crippen molar-refractivity contribution in [2.75, 3.05) is 18.1 Å².